The molecule has 0 radical (unpaired) electrons. The molecule has 0 spiro atoms. The number of nitrogens with zero attached hydrogens (tertiary/aromatic N) is 1. The molecular weight excluding hydrogens is 404 g/mol. The average molecular weight is 433 g/mol. The van der Waals surface area contributed by atoms with Gasteiger partial charge in [0, 0.05) is 12.1 Å². The van der Waals surface area contributed by atoms with Crippen LogP contribution in [0.4, 0.5) is 5.69 Å². The molecule has 1 aliphatic rings. The Morgan fingerprint density at radius 2 is 1.77 bits per heavy atom. The second-order valence-electron chi connectivity index (χ2n) is 7.41. The van der Waals surface area contributed by atoms with Gasteiger partial charge in [0.2, 0.25) is 5.91 Å². The predicted octanol–water partition coefficient (Wildman–Crippen LogP) is 3.27. The highest BCUT2D eigenvalue weighted by molar-refractivity contribution is 7.92. The van der Waals surface area contributed by atoms with Gasteiger partial charge in [0.1, 0.15) is 19.8 Å². The maximum Gasteiger partial charge on any atom is 0.264 e. The van der Waals surface area contributed by atoms with Crippen LogP contribution < -0.4 is 19.1 Å². The molecule has 1 unspecified atom stereocenters. The van der Waals surface area contributed by atoms with E-state index in [2.05, 4.69) is 5.32 Å². The highest BCUT2D eigenvalue weighted by Crippen LogP contribution is 2.34. The van der Waals surface area contributed by atoms with Gasteiger partial charge in [-0.3, -0.25) is 9.10 Å². The Hall–Kier alpha value is -2.74. The van der Waals surface area contributed by atoms with E-state index in [4.69, 9.17) is 9.47 Å². The third-order valence-corrected chi connectivity index (χ3v) is 6.61. The van der Waals surface area contributed by atoms with Crippen molar-refractivity contribution >= 4 is 21.6 Å². The average Bonchev–Trinajstić information content (AvgIpc) is 2.72. The number of benzene rings is 2. The zero-order valence-electron chi connectivity index (χ0n) is 17.6. The summed E-state index contributed by atoms with van der Waals surface area (Å²) in [7, 11) is -4.01. The molecule has 0 saturated heterocycles. The summed E-state index contributed by atoms with van der Waals surface area (Å²) in [5.41, 5.74) is 1.42. The van der Waals surface area contributed by atoms with E-state index in [0.717, 1.165) is 22.7 Å². The Morgan fingerprint density at radius 1 is 1.10 bits per heavy atom. The van der Waals surface area contributed by atoms with E-state index < -0.39 is 10.0 Å². The maximum absolute atomic E-state index is 13.5. The number of amides is 1. The van der Waals surface area contributed by atoms with Crippen LogP contribution in [-0.4, -0.2) is 40.1 Å². The fourth-order valence-electron chi connectivity index (χ4n) is 3.29. The molecule has 0 aliphatic carbocycles. The van der Waals surface area contributed by atoms with E-state index in [1.807, 2.05) is 32.9 Å². The number of sulfonamides is 1. The second kappa shape index (κ2) is 9.38. The number of carbonyl (C=O) groups excluding carboxylic acids is 1. The van der Waals surface area contributed by atoms with E-state index in [9.17, 15) is 13.2 Å². The minimum Gasteiger partial charge on any atom is -0.486 e. The molecule has 2 aromatic carbocycles. The van der Waals surface area contributed by atoms with Crippen molar-refractivity contribution in [3.63, 3.8) is 0 Å². The Kier molecular flexibility index (Phi) is 6.87. The van der Waals surface area contributed by atoms with Crippen molar-refractivity contribution in [1.82, 2.24) is 5.32 Å². The van der Waals surface area contributed by atoms with Crippen LogP contribution in [0, 0.1) is 6.92 Å². The molecule has 0 fully saturated rings. The predicted molar refractivity (Wildman–Crippen MR) is 116 cm³/mol. The van der Waals surface area contributed by atoms with Crippen LogP contribution in [0.25, 0.3) is 0 Å². The summed E-state index contributed by atoms with van der Waals surface area (Å²) in [6.45, 7) is 6.33. The van der Waals surface area contributed by atoms with Crippen molar-refractivity contribution in [2.24, 2.45) is 0 Å². The van der Waals surface area contributed by atoms with E-state index in [1.165, 1.54) is 12.1 Å². The Morgan fingerprint density at radius 3 is 2.43 bits per heavy atom. The fraction of sp³-hybridized carbons (Fsp3) is 0.409. The molecule has 2 aromatic rings. The third-order valence-electron chi connectivity index (χ3n) is 4.84. The molecule has 1 amide bonds. The lowest BCUT2D eigenvalue weighted by molar-refractivity contribution is -0.120. The zero-order valence-corrected chi connectivity index (χ0v) is 18.4. The number of hydrogen-bond acceptors (Lipinski definition) is 5. The number of aryl methyl sites for hydroxylation is 1. The standard InChI is InChI=1S/C22H28N2O5S/c1-4-5-17(3)23-22(25)15-24(18-8-6-16(2)7-9-18)30(26,27)19-10-11-20-21(14-19)29-13-12-28-20/h6-11,14,17H,4-5,12-13,15H2,1-3H3,(H,23,25). The zero-order chi connectivity index (χ0) is 21.7. The summed E-state index contributed by atoms with van der Waals surface area (Å²) in [5, 5.41) is 2.88. The molecule has 1 aliphatic heterocycles. The van der Waals surface area contributed by atoms with Crippen LogP contribution in [0.15, 0.2) is 47.4 Å². The smallest absolute Gasteiger partial charge is 0.264 e. The van der Waals surface area contributed by atoms with Crippen molar-refractivity contribution < 1.29 is 22.7 Å². The second-order valence-corrected chi connectivity index (χ2v) is 9.27. The molecule has 30 heavy (non-hydrogen) atoms. The topological polar surface area (TPSA) is 84.9 Å². The lowest BCUT2D eigenvalue weighted by Gasteiger charge is -2.26. The molecule has 0 aromatic heterocycles. The molecule has 162 valence electrons. The van der Waals surface area contributed by atoms with Crippen LogP contribution >= 0.6 is 0 Å². The van der Waals surface area contributed by atoms with Crippen molar-refractivity contribution in [3.05, 3.63) is 48.0 Å². The van der Waals surface area contributed by atoms with Crippen LogP contribution in [0.3, 0.4) is 0 Å². The van der Waals surface area contributed by atoms with Crippen LogP contribution in [0.5, 0.6) is 11.5 Å². The fourth-order valence-corrected chi connectivity index (χ4v) is 4.73. The first-order valence-corrected chi connectivity index (χ1v) is 11.5. The summed E-state index contributed by atoms with van der Waals surface area (Å²) in [6, 6.07) is 11.5. The van der Waals surface area contributed by atoms with Gasteiger partial charge in [-0.1, -0.05) is 31.0 Å². The van der Waals surface area contributed by atoms with E-state index >= 15 is 0 Å². The molecule has 1 N–H and O–H groups in total. The summed E-state index contributed by atoms with van der Waals surface area (Å²) in [5.74, 6) is 0.540. The summed E-state index contributed by atoms with van der Waals surface area (Å²) < 4.78 is 39.1. The highest BCUT2D eigenvalue weighted by atomic mass is 32.2. The van der Waals surface area contributed by atoms with Crippen LogP contribution in [0.1, 0.15) is 32.3 Å². The van der Waals surface area contributed by atoms with Crippen molar-refractivity contribution in [1.29, 1.82) is 0 Å². The van der Waals surface area contributed by atoms with Crippen LogP contribution in [0.2, 0.25) is 0 Å². The number of rotatable bonds is 8. The molecule has 0 bridgehead atoms. The maximum atomic E-state index is 13.5. The van der Waals surface area contributed by atoms with Gasteiger partial charge in [-0.05, 0) is 44.5 Å². The summed E-state index contributed by atoms with van der Waals surface area (Å²) in [4.78, 5) is 12.7. The number of anilines is 1. The van der Waals surface area contributed by atoms with Gasteiger partial charge in [0.05, 0.1) is 10.6 Å². The minimum absolute atomic E-state index is 0.0284. The Bertz CT molecular complexity index is 989. The van der Waals surface area contributed by atoms with Gasteiger partial charge >= 0.3 is 0 Å². The van der Waals surface area contributed by atoms with Gasteiger partial charge in [-0.2, -0.15) is 0 Å². The lowest BCUT2D eigenvalue weighted by atomic mass is 10.2. The Labute approximate surface area is 178 Å². The first-order chi connectivity index (χ1) is 14.3. The minimum atomic E-state index is -4.01. The van der Waals surface area contributed by atoms with E-state index in [0.29, 0.717) is 30.4 Å². The number of ether oxygens (including phenoxy) is 2. The van der Waals surface area contributed by atoms with Crippen molar-refractivity contribution in [2.75, 3.05) is 24.1 Å². The first-order valence-electron chi connectivity index (χ1n) is 10.1. The van der Waals surface area contributed by atoms with Gasteiger partial charge in [0.25, 0.3) is 10.0 Å². The molecule has 7 nitrogen and oxygen atoms in total. The molecule has 1 atom stereocenters. The number of carbonyl (C=O) groups is 1. The highest BCUT2D eigenvalue weighted by Gasteiger charge is 2.29. The van der Waals surface area contributed by atoms with Crippen LogP contribution in [-0.2, 0) is 14.8 Å². The quantitative estimate of drug-likeness (QED) is 0.692. The number of fused-ring (bicyclic) bond motifs is 1. The van der Waals surface area contributed by atoms with Gasteiger partial charge < -0.3 is 14.8 Å². The number of nitrogens with one attached hydrogen (secondary N) is 1. The van der Waals surface area contributed by atoms with Crippen molar-refractivity contribution in [2.45, 2.75) is 44.6 Å². The molecule has 8 heteroatoms. The SMILES string of the molecule is CCCC(C)NC(=O)CN(c1ccc(C)cc1)S(=O)(=O)c1ccc2c(c1)OCCO2. The lowest BCUT2D eigenvalue weighted by Crippen LogP contribution is -2.43. The van der Waals surface area contributed by atoms with E-state index in [-0.39, 0.29) is 23.4 Å². The molecular formula is C22H28N2O5S. The first kappa shape index (κ1) is 22.0. The van der Waals surface area contributed by atoms with Crippen molar-refractivity contribution in [3.8, 4) is 11.5 Å². The summed E-state index contributed by atoms with van der Waals surface area (Å²) in [6.07, 6.45) is 1.75. The van der Waals surface area contributed by atoms with Gasteiger partial charge in [0.15, 0.2) is 11.5 Å². The van der Waals surface area contributed by atoms with Gasteiger partial charge in [-0.15, -0.1) is 0 Å². The monoisotopic (exact) mass is 432 g/mol. The molecule has 1 heterocycles. The largest absolute Gasteiger partial charge is 0.486 e. The number of hydrogen-bond donors (Lipinski definition) is 1. The summed E-state index contributed by atoms with van der Waals surface area (Å²) >= 11 is 0. The van der Waals surface area contributed by atoms with Gasteiger partial charge in [-0.25, -0.2) is 8.42 Å². The van der Waals surface area contributed by atoms with E-state index in [1.54, 1.807) is 18.2 Å². The molecule has 3 rings (SSSR count). The molecule has 0 saturated carbocycles. The Balaban J connectivity index is 1.94. The normalized spacial score (nSPS) is 14.1. The third kappa shape index (κ3) is 5.05.